The van der Waals surface area contributed by atoms with Gasteiger partial charge in [0.1, 0.15) is 4.88 Å². The van der Waals surface area contributed by atoms with Crippen LogP contribution in [0.2, 0.25) is 0 Å². The molecular formula is C22H28N4O2S. The zero-order valence-electron chi connectivity index (χ0n) is 17.0. The van der Waals surface area contributed by atoms with Gasteiger partial charge in [-0.3, -0.25) is 14.5 Å². The third kappa shape index (κ3) is 4.67. The molecule has 4 rings (SSSR count). The standard InChI is InChI=1S/C22H28N4O2S/c1-17-23-20(18-8-3-2-4-9-18)21(29-17)22(28)26-13-7-10-24(14-15-26)16-19(27)25-11-5-6-12-25/h2-4,8-9H,5-7,10-16H2,1H3. The number of aryl methyl sites for hydroxylation is 1. The zero-order valence-corrected chi connectivity index (χ0v) is 17.8. The van der Waals surface area contributed by atoms with Crippen molar-refractivity contribution in [2.24, 2.45) is 0 Å². The van der Waals surface area contributed by atoms with Gasteiger partial charge in [-0.2, -0.15) is 0 Å². The molecule has 7 heteroatoms. The molecular weight excluding hydrogens is 384 g/mol. The van der Waals surface area contributed by atoms with E-state index in [-0.39, 0.29) is 11.8 Å². The van der Waals surface area contributed by atoms with Crippen molar-refractivity contribution in [3.05, 3.63) is 40.2 Å². The number of carbonyl (C=O) groups excluding carboxylic acids is 2. The Balaban J connectivity index is 1.42. The second kappa shape index (κ2) is 9.05. The van der Waals surface area contributed by atoms with E-state index in [2.05, 4.69) is 9.88 Å². The van der Waals surface area contributed by atoms with Crippen LogP contribution in [0.15, 0.2) is 30.3 Å². The number of hydrogen-bond acceptors (Lipinski definition) is 5. The number of rotatable bonds is 4. The molecule has 0 unspecified atom stereocenters. The van der Waals surface area contributed by atoms with Crippen LogP contribution in [0.1, 0.15) is 33.9 Å². The minimum atomic E-state index is 0.0576. The number of nitrogens with zero attached hydrogens (tertiary/aromatic N) is 4. The van der Waals surface area contributed by atoms with Gasteiger partial charge in [-0.05, 0) is 26.2 Å². The summed E-state index contributed by atoms with van der Waals surface area (Å²) in [5.41, 5.74) is 1.76. The average molecular weight is 413 g/mol. The zero-order chi connectivity index (χ0) is 20.2. The number of aromatic nitrogens is 1. The highest BCUT2D eigenvalue weighted by Gasteiger charge is 2.27. The minimum Gasteiger partial charge on any atom is -0.342 e. The van der Waals surface area contributed by atoms with Crippen LogP contribution in [0.25, 0.3) is 11.3 Å². The predicted octanol–water partition coefficient (Wildman–Crippen LogP) is 2.89. The summed E-state index contributed by atoms with van der Waals surface area (Å²) in [6, 6.07) is 9.91. The molecule has 0 atom stereocenters. The van der Waals surface area contributed by atoms with E-state index in [0.29, 0.717) is 13.1 Å². The molecule has 2 aliphatic heterocycles. The molecule has 0 bridgehead atoms. The molecule has 2 fully saturated rings. The summed E-state index contributed by atoms with van der Waals surface area (Å²) in [6.45, 7) is 7.17. The van der Waals surface area contributed by atoms with E-state index in [1.54, 1.807) is 0 Å². The van der Waals surface area contributed by atoms with Crippen LogP contribution in [0, 0.1) is 6.92 Å². The van der Waals surface area contributed by atoms with Crippen molar-refractivity contribution in [2.75, 3.05) is 45.8 Å². The maximum absolute atomic E-state index is 13.3. The average Bonchev–Trinajstić information content (AvgIpc) is 3.34. The number of thiazole rings is 1. The molecule has 2 amide bonds. The van der Waals surface area contributed by atoms with Crippen molar-refractivity contribution < 1.29 is 9.59 Å². The lowest BCUT2D eigenvalue weighted by Gasteiger charge is -2.24. The van der Waals surface area contributed by atoms with Crippen LogP contribution < -0.4 is 0 Å². The molecule has 3 heterocycles. The van der Waals surface area contributed by atoms with Crippen LogP contribution in [0.3, 0.4) is 0 Å². The lowest BCUT2D eigenvalue weighted by atomic mass is 10.1. The number of hydrogen-bond donors (Lipinski definition) is 0. The summed E-state index contributed by atoms with van der Waals surface area (Å²) >= 11 is 1.47. The van der Waals surface area contributed by atoms with Gasteiger partial charge < -0.3 is 9.80 Å². The van der Waals surface area contributed by atoms with Crippen LogP contribution in [-0.2, 0) is 4.79 Å². The Bertz CT molecular complexity index is 861. The fourth-order valence-electron chi connectivity index (χ4n) is 4.10. The van der Waals surface area contributed by atoms with Crippen molar-refractivity contribution in [1.29, 1.82) is 0 Å². The molecule has 2 aliphatic rings. The molecule has 0 N–H and O–H groups in total. The van der Waals surface area contributed by atoms with Crippen molar-refractivity contribution in [1.82, 2.24) is 19.7 Å². The Morgan fingerprint density at radius 2 is 1.66 bits per heavy atom. The summed E-state index contributed by atoms with van der Waals surface area (Å²) < 4.78 is 0. The van der Waals surface area contributed by atoms with Gasteiger partial charge in [0, 0.05) is 44.8 Å². The van der Waals surface area contributed by atoms with Gasteiger partial charge in [0.2, 0.25) is 5.91 Å². The Morgan fingerprint density at radius 3 is 2.41 bits per heavy atom. The SMILES string of the molecule is Cc1nc(-c2ccccc2)c(C(=O)N2CCCN(CC(=O)N3CCCC3)CC2)s1. The van der Waals surface area contributed by atoms with Gasteiger partial charge in [0.25, 0.3) is 5.91 Å². The first-order valence-corrected chi connectivity index (χ1v) is 11.3. The van der Waals surface area contributed by atoms with Crippen LogP contribution >= 0.6 is 11.3 Å². The monoisotopic (exact) mass is 412 g/mol. The molecule has 154 valence electrons. The largest absolute Gasteiger partial charge is 0.342 e. The fraction of sp³-hybridized carbons (Fsp3) is 0.500. The first kappa shape index (κ1) is 20.0. The van der Waals surface area contributed by atoms with Gasteiger partial charge in [0.05, 0.1) is 17.2 Å². The third-order valence-corrected chi connectivity index (χ3v) is 6.63. The summed E-state index contributed by atoms with van der Waals surface area (Å²) in [6.07, 6.45) is 3.12. The van der Waals surface area contributed by atoms with E-state index in [9.17, 15) is 9.59 Å². The van der Waals surface area contributed by atoms with Gasteiger partial charge in [0.15, 0.2) is 0 Å². The van der Waals surface area contributed by atoms with Crippen molar-refractivity contribution in [3.8, 4) is 11.3 Å². The summed E-state index contributed by atoms with van der Waals surface area (Å²) in [5, 5.41) is 0.903. The van der Waals surface area contributed by atoms with E-state index in [0.717, 1.165) is 73.1 Å². The van der Waals surface area contributed by atoms with E-state index in [1.807, 2.05) is 47.1 Å². The number of benzene rings is 1. The first-order chi connectivity index (χ1) is 14.1. The highest BCUT2D eigenvalue weighted by molar-refractivity contribution is 7.14. The quantitative estimate of drug-likeness (QED) is 0.775. The molecule has 2 aromatic rings. The maximum Gasteiger partial charge on any atom is 0.266 e. The van der Waals surface area contributed by atoms with E-state index >= 15 is 0 Å². The molecule has 2 saturated heterocycles. The van der Waals surface area contributed by atoms with Crippen molar-refractivity contribution in [2.45, 2.75) is 26.2 Å². The highest BCUT2D eigenvalue weighted by atomic mass is 32.1. The Morgan fingerprint density at radius 1 is 0.931 bits per heavy atom. The Hall–Kier alpha value is -2.25. The van der Waals surface area contributed by atoms with Crippen molar-refractivity contribution >= 4 is 23.2 Å². The van der Waals surface area contributed by atoms with E-state index in [1.165, 1.54) is 11.3 Å². The lowest BCUT2D eigenvalue weighted by Crippen LogP contribution is -2.41. The van der Waals surface area contributed by atoms with Gasteiger partial charge in [-0.15, -0.1) is 11.3 Å². The van der Waals surface area contributed by atoms with Crippen LogP contribution in [0.5, 0.6) is 0 Å². The van der Waals surface area contributed by atoms with Gasteiger partial charge in [-0.1, -0.05) is 30.3 Å². The molecule has 29 heavy (non-hydrogen) atoms. The summed E-state index contributed by atoms with van der Waals surface area (Å²) in [4.78, 5) is 37.2. The lowest BCUT2D eigenvalue weighted by molar-refractivity contribution is -0.131. The molecule has 1 aromatic heterocycles. The van der Waals surface area contributed by atoms with Crippen LogP contribution in [0.4, 0.5) is 0 Å². The Kier molecular flexibility index (Phi) is 6.25. The minimum absolute atomic E-state index is 0.0576. The summed E-state index contributed by atoms with van der Waals surface area (Å²) in [7, 11) is 0. The molecule has 0 aliphatic carbocycles. The molecule has 6 nitrogen and oxygen atoms in total. The summed E-state index contributed by atoms with van der Waals surface area (Å²) in [5.74, 6) is 0.286. The van der Waals surface area contributed by atoms with Crippen LogP contribution in [-0.4, -0.2) is 77.3 Å². The highest BCUT2D eigenvalue weighted by Crippen LogP contribution is 2.29. The Labute approximate surface area is 176 Å². The van der Waals surface area contributed by atoms with Crippen molar-refractivity contribution in [3.63, 3.8) is 0 Å². The first-order valence-electron chi connectivity index (χ1n) is 10.4. The van der Waals surface area contributed by atoms with E-state index < -0.39 is 0 Å². The predicted molar refractivity (Wildman–Crippen MR) is 115 cm³/mol. The second-order valence-corrected chi connectivity index (χ2v) is 8.99. The smallest absolute Gasteiger partial charge is 0.266 e. The van der Waals surface area contributed by atoms with Gasteiger partial charge >= 0.3 is 0 Å². The number of likely N-dealkylation sites (tertiary alicyclic amines) is 1. The molecule has 0 saturated carbocycles. The topological polar surface area (TPSA) is 56.8 Å². The normalized spacial score (nSPS) is 18.1. The molecule has 0 spiro atoms. The molecule has 0 radical (unpaired) electrons. The number of carbonyl (C=O) groups is 2. The van der Waals surface area contributed by atoms with Gasteiger partial charge in [-0.25, -0.2) is 4.98 Å². The maximum atomic E-state index is 13.3. The third-order valence-electron chi connectivity index (χ3n) is 5.67. The van der Waals surface area contributed by atoms with E-state index in [4.69, 9.17) is 0 Å². The fourth-order valence-corrected chi connectivity index (χ4v) is 5.01. The number of amides is 2. The molecule has 1 aromatic carbocycles. The second-order valence-electron chi connectivity index (χ2n) is 7.79.